The maximum atomic E-state index is 12.6. The number of nitrogens with zero attached hydrogens (tertiary/aromatic N) is 5. The summed E-state index contributed by atoms with van der Waals surface area (Å²) in [4.78, 5) is 37.2. The lowest BCUT2D eigenvalue weighted by Crippen LogP contribution is -2.54. The fourth-order valence-electron chi connectivity index (χ4n) is 3.66. The predicted octanol–water partition coefficient (Wildman–Crippen LogP) is 0.821. The van der Waals surface area contributed by atoms with E-state index in [4.69, 9.17) is 0 Å². The van der Waals surface area contributed by atoms with Crippen LogP contribution in [0.1, 0.15) is 38.5 Å². The van der Waals surface area contributed by atoms with Crippen molar-refractivity contribution in [2.45, 2.75) is 44.6 Å². The number of nitrogens with one attached hydrogen (secondary N) is 1. The quantitative estimate of drug-likeness (QED) is 0.330. The van der Waals surface area contributed by atoms with Crippen LogP contribution in [-0.2, 0) is 9.59 Å². The molecule has 0 radical (unpaired) electrons. The van der Waals surface area contributed by atoms with E-state index in [-0.39, 0.29) is 42.3 Å². The van der Waals surface area contributed by atoms with Crippen LogP contribution in [-0.4, -0.2) is 110 Å². The molecule has 166 valence electrons. The molecule has 2 heterocycles. The van der Waals surface area contributed by atoms with Crippen molar-refractivity contribution in [2.24, 2.45) is 4.99 Å². The molecule has 0 aromatic heterocycles. The lowest BCUT2D eigenvalue weighted by atomic mass is 10.2. The largest absolute Gasteiger partial charge is 0.353 e. The van der Waals surface area contributed by atoms with Crippen LogP contribution in [0.15, 0.2) is 4.99 Å². The van der Waals surface area contributed by atoms with Crippen LogP contribution in [0, 0.1) is 0 Å². The van der Waals surface area contributed by atoms with Gasteiger partial charge in [0.15, 0.2) is 5.96 Å². The van der Waals surface area contributed by atoms with E-state index < -0.39 is 0 Å². The average Bonchev–Trinajstić information content (AvgIpc) is 3.52. The summed E-state index contributed by atoms with van der Waals surface area (Å²) in [6.45, 7) is 5.91. The Hall–Kier alpha value is -1.10. The molecule has 3 fully saturated rings. The van der Waals surface area contributed by atoms with Gasteiger partial charge in [0.1, 0.15) is 6.54 Å². The minimum absolute atomic E-state index is 0. The molecule has 1 aliphatic carbocycles. The Morgan fingerprint density at radius 3 is 2.10 bits per heavy atom. The maximum absolute atomic E-state index is 12.6. The molecular formula is C20H37IN6O2. The molecule has 0 atom stereocenters. The van der Waals surface area contributed by atoms with Gasteiger partial charge in [0, 0.05) is 59.4 Å². The standard InChI is InChI=1S/C20H36N6O2.HI/c1-23(2)18(27)15-21-20(22-17-7-8-17)26-13-11-24(12-14-26)16-19(28)25-9-5-3-4-6-10-25;/h17H,3-16H2,1-2H3,(H,21,22);1H. The second kappa shape index (κ2) is 11.9. The maximum Gasteiger partial charge on any atom is 0.243 e. The third kappa shape index (κ3) is 7.92. The average molecular weight is 520 g/mol. The number of hydrogen-bond acceptors (Lipinski definition) is 4. The topological polar surface area (TPSA) is 71.5 Å². The Morgan fingerprint density at radius 1 is 0.931 bits per heavy atom. The number of likely N-dealkylation sites (N-methyl/N-ethyl adjacent to an activating group) is 1. The van der Waals surface area contributed by atoms with Crippen molar-refractivity contribution in [1.29, 1.82) is 0 Å². The highest BCUT2D eigenvalue weighted by Gasteiger charge is 2.28. The van der Waals surface area contributed by atoms with Gasteiger partial charge in [-0.1, -0.05) is 12.8 Å². The molecule has 3 aliphatic rings. The van der Waals surface area contributed by atoms with Gasteiger partial charge in [-0.05, 0) is 25.7 Å². The minimum Gasteiger partial charge on any atom is -0.353 e. The zero-order valence-electron chi connectivity index (χ0n) is 17.9. The monoisotopic (exact) mass is 520 g/mol. The zero-order chi connectivity index (χ0) is 19.9. The summed E-state index contributed by atoms with van der Waals surface area (Å²) in [6, 6.07) is 0.496. The van der Waals surface area contributed by atoms with Crippen molar-refractivity contribution in [2.75, 3.05) is 66.5 Å². The van der Waals surface area contributed by atoms with Crippen molar-refractivity contribution in [1.82, 2.24) is 24.9 Å². The van der Waals surface area contributed by atoms with E-state index in [1.165, 1.54) is 25.7 Å². The Balaban J connectivity index is 0.00000300. The molecule has 1 N–H and O–H groups in total. The van der Waals surface area contributed by atoms with Crippen molar-refractivity contribution in [3.05, 3.63) is 0 Å². The number of piperazine rings is 1. The summed E-state index contributed by atoms with van der Waals surface area (Å²) >= 11 is 0. The molecule has 0 aromatic carbocycles. The number of amides is 2. The zero-order valence-corrected chi connectivity index (χ0v) is 20.3. The van der Waals surface area contributed by atoms with Crippen molar-refractivity contribution >= 4 is 41.8 Å². The number of carbonyl (C=O) groups is 2. The molecule has 1 saturated carbocycles. The van der Waals surface area contributed by atoms with E-state index in [0.29, 0.717) is 12.6 Å². The fraction of sp³-hybridized carbons (Fsp3) is 0.850. The highest BCUT2D eigenvalue weighted by Crippen LogP contribution is 2.19. The van der Waals surface area contributed by atoms with Gasteiger partial charge < -0.3 is 20.0 Å². The van der Waals surface area contributed by atoms with Gasteiger partial charge in [-0.15, -0.1) is 24.0 Å². The first-order valence-corrected chi connectivity index (χ1v) is 10.8. The third-order valence-corrected chi connectivity index (χ3v) is 5.76. The van der Waals surface area contributed by atoms with Gasteiger partial charge >= 0.3 is 0 Å². The van der Waals surface area contributed by atoms with Crippen LogP contribution in [0.25, 0.3) is 0 Å². The van der Waals surface area contributed by atoms with E-state index in [9.17, 15) is 9.59 Å². The normalized spacial score (nSPS) is 21.2. The molecule has 0 unspecified atom stereocenters. The lowest BCUT2D eigenvalue weighted by Gasteiger charge is -2.37. The highest BCUT2D eigenvalue weighted by molar-refractivity contribution is 14.0. The van der Waals surface area contributed by atoms with Crippen LogP contribution >= 0.6 is 24.0 Å². The van der Waals surface area contributed by atoms with E-state index in [1.54, 1.807) is 19.0 Å². The van der Waals surface area contributed by atoms with Crippen LogP contribution < -0.4 is 5.32 Å². The van der Waals surface area contributed by atoms with E-state index in [2.05, 4.69) is 20.1 Å². The first-order chi connectivity index (χ1) is 13.5. The lowest BCUT2D eigenvalue weighted by molar-refractivity contribution is -0.132. The first-order valence-electron chi connectivity index (χ1n) is 10.8. The van der Waals surface area contributed by atoms with Crippen LogP contribution in [0.2, 0.25) is 0 Å². The van der Waals surface area contributed by atoms with Gasteiger partial charge in [0.05, 0.1) is 6.54 Å². The molecule has 29 heavy (non-hydrogen) atoms. The Bertz CT molecular complexity index is 565. The summed E-state index contributed by atoms with van der Waals surface area (Å²) < 4.78 is 0. The minimum atomic E-state index is 0. The smallest absolute Gasteiger partial charge is 0.243 e. The number of guanidine groups is 1. The molecule has 3 rings (SSSR count). The molecule has 0 spiro atoms. The number of halogens is 1. The molecule has 2 amide bonds. The Labute approximate surface area is 192 Å². The number of likely N-dealkylation sites (tertiary alicyclic amines) is 1. The van der Waals surface area contributed by atoms with Gasteiger partial charge in [0.25, 0.3) is 0 Å². The van der Waals surface area contributed by atoms with Crippen LogP contribution in [0.5, 0.6) is 0 Å². The number of carbonyl (C=O) groups excluding carboxylic acids is 2. The fourth-order valence-corrected chi connectivity index (χ4v) is 3.66. The first kappa shape index (κ1) is 24.2. The summed E-state index contributed by atoms with van der Waals surface area (Å²) in [5, 5.41) is 3.48. The number of hydrogen-bond donors (Lipinski definition) is 1. The molecule has 9 heteroatoms. The van der Waals surface area contributed by atoms with Gasteiger partial charge in [-0.25, -0.2) is 4.99 Å². The summed E-state index contributed by atoms with van der Waals surface area (Å²) in [5.74, 6) is 1.13. The van der Waals surface area contributed by atoms with Crippen molar-refractivity contribution in [3.8, 4) is 0 Å². The Morgan fingerprint density at radius 2 is 1.55 bits per heavy atom. The van der Waals surface area contributed by atoms with E-state index in [0.717, 1.165) is 58.1 Å². The molecule has 0 bridgehead atoms. The van der Waals surface area contributed by atoms with Gasteiger partial charge in [-0.2, -0.15) is 0 Å². The van der Waals surface area contributed by atoms with E-state index >= 15 is 0 Å². The van der Waals surface area contributed by atoms with Gasteiger partial charge in [0.2, 0.25) is 11.8 Å². The second-order valence-electron chi connectivity index (χ2n) is 8.40. The SMILES string of the molecule is CN(C)C(=O)CN=C(NC1CC1)N1CCN(CC(=O)N2CCCCCC2)CC1.I. The Kier molecular flexibility index (Phi) is 9.94. The van der Waals surface area contributed by atoms with Gasteiger partial charge in [-0.3, -0.25) is 14.5 Å². The molecule has 2 saturated heterocycles. The van der Waals surface area contributed by atoms with Crippen LogP contribution in [0.3, 0.4) is 0 Å². The molecule has 8 nitrogen and oxygen atoms in total. The van der Waals surface area contributed by atoms with Crippen LogP contribution in [0.4, 0.5) is 0 Å². The summed E-state index contributed by atoms with van der Waals surface area (Å²) in [6.07, 6.45) is 7.11. The third-order valence-electron chi connectivity index (χ3n) is 5.76. The second-order valence-corrected chi connectivity index (χ2v) is 8.40. The predicted molar refractivity (Wildman–Crippen MR) is 126 cm³/mol. The number of rotatable bonds is 5. The number of aliphatic imine (C=N–C) groups is 1. The van der Waals surface area contributed by atoms with Crippen molar-refractivity contribution < 1.29 is 9.59 Å². The molecular weight excluding hydrogens is 483 g/mol. The summed E-state index contributed by atoms with van der Waals surface area (Å²) in [5.41, 5.74) is 0. The molecule has 0 aromatic rings. The highest BCUT2D eigenvalue weighted by atomic mass is 127. The molecule has 2 aliphatic heterocycles. The summed E-state index contributed by atoms with van der Waals surface area (Å²) in [7, 11) is 3.51. The van der Waals surface area contributed by atoms with E-state index in [1.807, 2.05) is 4.90 Å². The van der Waals surface area contributed by atoms with Crippen molar-refractivity contribution in [3.63, 3.8) is 0 Å².